The van der Waals surface area contributed by atoms with Gasteiger partial charge >= 0.3 is 5.97 Å². The van der Waals surface area contributed by atoms with Crippen LogP contribution in [0.4, 0.5) is 5.69 Å². The van der Waals surface area contributed by atoms with Crippen molar-refractivity contribution in [3.05, 3.63) is 59.7 Å². The van der Waals surface area contributed by atoms with Gasteiger partial charge in [-0.25, -0.2) is 13.2 Å². The Morgan fingerprint density at radius 3 is 2.35 bits per heavy atom. The normalized spacial score (nSPS) is 24.2. The number of cyclic esters (lactones) is 1. The number of benzene rings is 2. The molecule has 0 radical (unpaired) electrons. The van der Waals surface area contributed by atoms with Gasteiger partial charge in [-0.05, 0) is 62.6 Å². The summed E-state index contributed by atoms with van der Waals surface area (Å²) in [7, 11) is -3.62. The molecule has 2 aliphatic heterocycles. The summed E-state index contributed by atoms with van der Waals surface area (Å²) in [6.45, 7) is 3.87. The van der Waals surface area contributed by atoms with E-state index in [0.29, 0.717) is 17.7 Å². The first-order chi connectivity index (χ1) is 14.8. The SMILES string of the molecule is C[C@@H]1CCC[C@H](C)N1S(=O)(=O)c1ccc(NC(=O)[C@@H]2Cc3ccccc3C(=O)O2)cc1. The topological polar surface area (TPSA) is 92.8 Å². The Morgan fingerprint density at radius 1 is 1.03 bits per heavy atom. The van der Waals surface area contributed by atoms with Crippen LogP contribution in [0.1, 0.15) is 49.0 Å². The van der Waals surface area contributed by atoms with E-state index in [1.165, 1.54) is 12.1 Å². The van der Waals surface area contributed by atoms with Gasteiger partial charge in [0.05, 0.1) is 10.5 Å². The standard InChI is InChI=1S/C23H26N2O5S/c1-15-6-5-7-16(2)25(15)31(28,29)19-12-10-18(11-13-19)24-22(26)21-14-17-8-3-4-9-20(17)23(27)30-21/h3-4,8-13,15-16,21H,5-7,14H2,1-2H3,(H,24,26)/t15-,16+,21-/m0/s1. The number of fused-ring (bicyclic) bond motifs is 1. The van der Waals surface area contributed by atoms with E-state index in [1.54, 1.807) is 34.6 Å². The van der Waals surface area contributed by atoms with E-state index in [4.69, 9.17) is 4.74 Å². The Balaban J connectivity index is 1.46. The maximum absolute atomic E-state index is 13.1. The molecule has 0 spiro atoms. The fraction of sp³-hybridized carbons (Fsp3) is 0.391. The molecule has 2 aromatic carbocycles. The van der Waals surface area contributed by atoms with Crippen LogP contribution in [0.2, 0.25) is 0 Å². The summed E-state index contributed by atoms with van der Waals surface area (Å²) < 4.78 is 33.1. The smallest absolute Gasteiger partial charge is 0.339 e. The largest absolute Gasteiger partial charge is 0.448 e. The molecular formula is C23H26N2O5S. The van der Waals surface area contributed by atoms with E-state index in [1.807, 2.05) is 19.9 Å². The molecule has 2 heterocycles. The van der Waals surface area contributed by atoms with Crippen molar-refractivity contribution in [3.63, 3.8) is 0 Å². The number of nitrogens with one attached hydrogen (secondary N) is 1. The molecule has 1 saturated heterocycles. The summed E-state index contributed by atoms with van der Waals surface area (Å²) in [6, 6.07) is 13.1. The minimum Gasteiger partial charge on any atom is -0.448 e. The third-order valence-corrected chi connectivity index (χ3v) is 8.14. The zero-order valence-electron chi connectivity index (χ0n) is 17.6. The molecule has 0 saturated carbocycles. The molecule has 3 atom stereocenters. The van der Waals surface area contributed by atoms with Gasteiger partial charge in [-0.1, -0.05) is 24.6 Å². The summed E-state index contributed by atoms with van der Waals surface area (Å²) in [5.41, 5.74) is 1.69. The number of nitrogens with zero attached hydrogens (tertiary/aromatic N) is 1. The first-order valence-electron chi connectivity index (χ1n) is 10.5. The van der Waals surface area contributed by atoms with Crippen molar-refractivity contribution in [2.75, 3.05) is 5.32 Å². The van der Waals surface area contributed by atoms with Gasteiger partial charge in [-0.15, -0.1) is 0 Å². The number of hydrogen-bond acceptors (Lipinski definition) is 5. The molecule has 2 aliphatic rings. The summed E-state index contributed by atoms with van der Waals surface area (Å²) in [4.78, 5) is 25.0. The molecule has 0 unspecified atom stereocenters. The number of ether oxygens (including phenoxy) is 1. The van der Waals surface area contributed by atoms with Crippen LogP contribution in [0, 0.1) is 0 Å². The van der Waals surface area contributed by atoms with E-state index in [2.05, 4.69) is 5.32 Å². The monoisotopic (exact) mass is 442 g/mol. The molecule has 1 amide bonds. The second-order valence-corrected chi connectivity index (χ2v) is 10.1. The van der Waals surface area contributed by atoms with Gasteiger partial charge in [0.1, 0.15) is 0 Å². The molecular weight excluding hydrogens is 416 g/mol. The molecule has 4 rings (SSSR count). The molecule has 8 heteroatoms. The Morgan fingerprint density at radius 2 is 1.68 bits per heavy atom. The summed E-state index contributed by atoms with van der Waals surface area (Å²) >= 11 is 0. The Labute approximate surface area is 182 Å². The Hall–Kier alpha value is -2.71. The second-order valence-electron chi connectivity index (χ2n) is 8.23. The summed E-state index contributed by atoms with van der Waals surface area (Å²) in [5.74, 6) is -0.968. The number of carbonyl (C=O) groups excluding carboxylic acids is 2. The molecule has 31 heavy (non-hydrogen) atoms. The highest BCUT2D eigenvalue weighted by atomic mass is 32.2. The van der Waals surface area contributed by atoms with Crippen LogP contribution in [0.5, 0.6) is 0 Å². The second kappa shape index (κ2) is 8.43. The van der Waals surface area contributed by atoms with Crippen LogP contribution in [-0.2, 0) is 26.0 Å². The van der Waals surface area contributed by atoms with E-state index in [-0.39, 0.29) is 17.0 Å². The first-order valence-corrected chi connectivity index (χ1v) is 11.9. The maximum Gasteiger partial charge on any atom is 0.339 e. The molecule has 2 aromatic rings. The lowest BCUT2D eigenvalue weighted by Gasteiger charge is -2.37. The number of piperidine rings is 1. The van der Waals surface area contributed by atoms with E-state index in [9.17, 15) is 18.0 Å². The maximum atomic E-state index is 13.1. The number of sulfonamides is 1. The van der Waals surface area contributed by atoms with Crippen molar-refractivity contribution >= 4 is 27.6 Å². The third-order valence-electron chi connectivity index (χ3n) is 5.99. The Kier molecular flexibility index (Phi) is 5.85. The lowest BCUT2D eigenvalue weighted by molar-refractivity contribution is -0.125. The number of amides is 1. The van der Waals surface area contributed by atoms with Crippen molar-refractivity contribution in [2.24, 2.45) is 0 Å². The lowest BCUT2D eigenvalue weighted by atomic mass is 9.98. The number of hydrogen-bond donors (Lipinski definition) is 1. The molecule has 1 fully saturated rings. The fourth-order valence-electron chi connectivity index (χ4n) is 4.40. The van der Waals surface area contributed by atoms with Gasteiger partial charge in [0, 0.05) is 24.2 Å². The first kappa shape index (κ1) is 21.5. The van der Waals surface area contributed by atoms with Crippen LogP contribution >= 0.6 is 0 Å². The highest BCUT2D eigenvalue weighted by Gasteiger charge is 2.36. The number of rotatable bonds is 4. The van der Waals surface area contributed by atoms with Gasteiger partial charge in [-0.2, -0.15) is 4.31 Å². The van der Waals surface area contributed by atoms with Gasteiger partial charge in [0.15, 0.2) is 6.10 Å². The van der Waals surface area contributed by atoms with E-state index >= 15 is 0 Å². The van der Waals surface area contributed by atoms with Crippen LogP contribution in [0.3, 0.4) is 0 Å². The number of anilines is 1. The molecule has 0 bridgehead atoms. The molecule has 0 aromatic heterocycles. The van der Waals surface area contributed by atoms with Gasteiger partial charge in [0.2, 0.25) is 10.0 Å². The summed E-state index contributed by atoms with van der Waals surface area (Å²) in [6.07, 6.45) is 2.09. The van der Waals surface area contributed by atoms with Crippen molar-refractivity contribution in [1.82, 2.24) is 4.31 Å². The summed E-state index contributed by atoms with van der Waals surface area (Å²) in [5, 5.41) is 2.71. The van der Waals surface area contributed by atoms with Crippen molar-refractivity contribution in [1.29, 1.82) is 0 Å². The average molecular weight is 443 g/mol. The van der Waals surface area contributed by atoms with E-state index < -0.39 is 28.0 Å². The predicted octanol–water partition coefficient (Wildman–Crippen LogP) is 3.36. The third kappa shape index (κ3) is 4.22. The zero-order valence-corrected chi connectivity index (χ0v) is 18.4. The Bertz CT molecular complexity index is 1090. The number of esters is 1. The molecule has 164 valence electrons. The van der Waals surface area contributed by atoms with Crippen LogP contribution in [-0.4, -0.2) is 42.8 Å². The lowest BCUT2D eigenvalue weighted by Crippen LogP contribution is -2.47. The zero-order chi connectivity index (χ0) is 22.2. The van der Waals surface area contributed by atoms with Crippen LogP contribution in [0.25, 0.3) is 0 Å². The molecule has 0 aliphatic carbocycles. The fourth-order valence-corrected chi connectivity index (χ4v) is 6.29. The van der Waals surface area contributed by atoms with Crippen molar-refractivity contribution in [2.45, 2.75) is 62.6 Å². The van der Waals surface area contributed by atoms with Gasteiger partial charge in [0.25, 0.3) is 5.91 Å². The van der Waals surface area contributed by atoms with Crippen LogP contribution in [0.15, 0.2) is 53.4 Å². The van der Waals surface area contributed by atoms with Gasteiger partial charge in [-0.3, -0.25) is 4.79 Å². The minimum atomic E-state index is -3.62. The van der Waals surface area contributed by atoms with Crippen molar-refractivity contribution < 1.29 is 22.7 Å². The molecule has 1 N–H and O–H groups in total. The van der Waals surface area contributed by atoms with Crippen molar-refractivity contribution in [3.8, 4) is 0 Å². The highest BCUT2D eigenvalue weighted by molar-refractivity contribution is 7.89. The quantitative estimate of drug-likeness (QED) is 0.733. The average Bonchev–Trinajstić information content (AvgIpc) is 2.74. The van der Waals surface area contributed by atoms with Gasteiger partial charge < -0.3 is 10.1 Å². The minimum absolute atomic E-state index is 0.0444. The van der Waals surface area contributed by atoms with E-state index in [0.717, 1.165) is 24.8 Å². The number of carbonyl (C=O) groups is 2. The highest BCUT2D eigenvalue weighted by Crippen LogP contribution is 2.30. The molecule has 7 nitrogen and oxygen atoms in total. The van der Waals surface area contributed by atoms with Crippen LogP contribution < -0.4 is 5.32 Å². The predicted molar refractivity (Wildman–Crippen MR) is 116 cm³/mol.